The number of piperazine rings is 1. The topological polar surface area (TPSA) is 88.5 Å². The van der Waals surface area contributed by atoms with Crippen LogP contribution in [0.1, 0.15) is 21.5 Å². The summed E-state index contributed by atoms with van der Waals surface area (Å²) >= 11 is 6.24. The summed E-state index contributed by atoms with van der Waals surface area (Å²) in [4.78, 5) is 29.9. The molecule has 1 aliphatic rings. The van der Waals surface area contributed by atoms with Gasteiger partial charge in [-0.05, 0) is 53.1 Å². The molecule has 0 unspecified atom stereocenters. The number of rotatable bonds is 7. The summed E-state index contributed by atoms with van der Waals surface area (Å²) in [5.74, 6) is 0.465. The molecular formula is C29H29ClN2O6. The molecule has 0 saturated carbocycles. The van der Waals surface area contributed by atoms with E-state index < -0.39 is 0 Å². The average Bonchev–Trinajstić information content (AvgIpc) is 2.95. The second kappa shape index (κ2) is 11.9. The minimum absolute atomic E-state index is 0.152. The minimum Gasteiger partial charge on any atom is -0.502 e. The highest BCUT2D eigenvalue weighted by Crippen LogP contribution is 2.37. The van der Waals surface area contributed by atoms with Gasteiger partial charge in [-0.25, -0.2) is 0 Å². The highest BCUT2D eigenvalue weighted by atomic mass is 35.5. The van der Waals surface area contributed by atoms with Gasteiger partial charge in [0.2, 0.25) is 11.7 Å². The number of amides is 2. The van der Waals surface area contributed by atoms with Crippen molar-refractivity contribution in [3.63, 3.8) is 0 Å². The van der Waals surface area contributed by atoms with Gasteiger partial charge in [0.1, 0.15) is 5.75 Å². The van der Waals surface area contributed by atoms with Gasteiger partial charge < -0.3 is 29.1 Å². The monoisotopic (exact) mass is 536 g/mol. The number of ether oxygens (including phenoxy) is 3. The van der Waals surface area contributed by atoms with Crippen molar-refractivity contribution >= 4 is 29.0 Å². The summed E-state index contributed by atoms with van der Waals surface area (Å²) in [5, 5.41) is 10.7. The highest BCUT2D eigenvalue weighted by Gasteiger charge is 2.26. The summed E-state index contributed by atoms with van der Waals surface area (Å²) in [6.07, 6.45) is 1.61. The van der Waals surface area contributed by atoms with E-state index in [4.69, 9.17) is 25.8 Å². The quantitative estimate of drug-likeness (QED) is 0.448. The predicted molar refractivity (Wildman–Crippen MR) is 145 cm³/mol. The number of carbonyl (C=O) groups is 2. The third kappa shape index (κ3) is 5.86. The molecule has 1 fully saturated rings. The molecule has 0 spiro atoms. The molecule has 9 heteroatoms. The molecule has 0 atom stereocenters. The van der Waals surface area contributed by atoms with Crippen LogP contribution in [-0.4, -0.2) is 74.2 Å². The number of carbonyl (C=O) groups excluding carboxylic acids is 2. The van der Waals surface area contributed by atoms with Crippen LogP contribution in [0.15, 0.2) is 66.7 Å². The molecule has 8 nitrogen and oxygen atoms in total. The molecule has 1 saturated heterocycles. The Balaban J connectivity index is 1.52. The second-order valence-electron chi connectivity index (χ2n) is 8.64. The maximum atomic E-state index is 13.3. The Morgan fingerprint density at radius 3 is 1.95 bits per heavy atom. The van der Waals surface area contributed by atoms with Gasteiger partial charge in [-0.2, -0.15) is 0 Å². The van der Waals surface area contributed by atoms with E-state index in [0.717, 1.165) is 22.4 Å². The Morgan fingerprint density at radius 2 is 1.39 bits per heavy atom. The van der Waals surface area contributed by atoms with Crippen molar-refractivity contribution in [1.29, 1.82) is 0 Å². The van der Waals surface area contributed by atoms with Gasteiger partial charge in [0.05, 0.1) is 21.3 Å². The van der Waals surface area contributed by atoms with Crippen molar-refractivity contribution < 1.29 is 28.9 Å². The minimum atomic E-state index is -0.234. The molecule has 38 heavy (non-hydrogen) atoms. The number of methoxy groups -OCH3 is 3. The fraction of sp³-hybridized carbons (Fsp3) is 0.241. The van der Waals surface area contributed by atoms with Crippen LogP contribution < -0.4 is 14.2 Å². The Kier molecular flexibility index (Phi) is 8.43. The standard InChI is InChI=1S/C29H29ClN2O6/c1-36-23-9-7-19(8-10-23)24(20-5-4-6-22(30)15-20)18-27(33)31-11-13-32(14-12-31)29(35)21-16-25(37-2)28(34)26(17-21)38-3/h4-10,15-18,34H,11-14H2,1-3H3/b24-18-. The van der Waals surface area contributed by atoms with Crippen molar-refractivity contribution in [2.24, 2.45) is 0 Å². The first-order valence-corrected chi connectivity index (χ1v) is 12.4. The summed E-state index contributed by atoms with van der Waals surface area (Å²) in [5.41, 5.74) is 2.74. The van der Waals surface area contributed by atoms with Gasteiger partial charge in [-0.15, -0.1) is 0 Å². The molecule has 1 N–H and O–H groups in total. The summed E-state index contributed by atoms with van der Waals surface area (Å²) in [6, 6.07) is 17.8. The highest BCUT2D eigenvalue weighted by molar-refractivity contribution is 6.30. The van der Waals surface area contributed by atoms with Crippen molar-refractivity contribution in [3.8, 4) is 23.0 Å². The molecule has 1 aliphatic heterocycles. The van der Waals surface area contributed by atoms with Crippen molar-refractivity contribution in [2.75, 3.05) is 47.5 Å². The van der Waals surface area contributed by atoms with Crippen LogP contribution in [0.25, 0.3) is 5.57 Å². The molecule has 1 heterocycles. The number of aromatic hydroxyl groups is 1. The van der Waals surface area contributed by atoms with Crippen LogP contribution in [0.2, 0.25) is 5.02 Å². The average molecular weight is 537 g/mol. The van der Waals surface area contributed by atoms with Crippen LogP contribution in [0.5, 0.6) is 23.0 Å². The fourth-order valence-corrected chi connectivity index (χ4v) is 4.49. The lowest BCUT2D eigenvalue weighted by atomic mass is 9.97. The summed E-state index contributed by atoms with van der Waals surface area (Å²) in [7, 11) is 4.42. The first kappa shape index (κ1) is 26.9. The molecule has 3 aromatic rings. The zero-order valence-electron chi connectivity index (χ0n) is 21.4. The van der Waals surface area contributed by atoms with Crippen LogP contribution in [0.3, 0.4) is 0 Å². The third-order valence-electron chi connectivity index (χ3n) is 6.41. The molecule has 0 aromatic heterocycles. The number of phenols is 1. The van der Waals surface area contributed by atoms with Gasteiger partial charge >= 0.3 is 0 Å². The van der Waals surface area contributed by atoms with Gasteiger partial charge in [0, 0.05) is 42.8 Å². The van der Waals surface area contributed by atoms with Gasteiger partial charge in [-0.3, -0.25) is 9.59 Å². The van der Waals surface area contributed by atoms with Crippen molar-refractivity contribution in [1.82, 2.24) is 9.80 Å². The van der Waals surface area contributed by atoms with Crippen LogP contribution >= 0.6 is 11.6 Å². The van der Waals surface area contributed by atoms with Gasteiger partial charge in [-0.1, -0.05) is 35.9 Å². The fourth-order valence-electron chi connectivity index (χ4n) is 4.30. The number of nitrogens with zero attached hydrogens (tertiary/aromatic N) is 2. The SMILES string of the molecule is COc1ccc(/C(=C/C(=O)N2CCN(C(=O)c3cc(OC)c(O)c(OC)c3)CC2)c2cccc(Cl)c2)cc1. The molecular weight excluding hydrogens is 508 g/mol. The van der Waals surface area contributed by atoms with E-state index in [0.29, 0.717) is 36.8 Å². The Labute approximate surface area is 226 Å². The van der Waals surface area contributed by atoms with Gasteiger partial charge in [0.25, 0.3) is 5.91 Å². The Hall–Kier alpha value is -4.17. The predicted octanol–water partition coefficient (Wildman–Crippen LogP) is 4.49. The van der Waals surface area contributed by atoms with Crippen molar-refractivity contribution in [3.05, 3.63) is 88.5 Å². The molecule has 2 amide bonds. The van der Waals surface area contributed by atoms with E-state index in [1.54, 1.807) is 29.1 Å². The van der Waals surface area contributed by atoms with E-state index in [2.05, 4.69) is 0 Å². The molecule has 0 radical (unpaired) electrons. The third-order valence-corrected chi connectivity index (χ3v) is 6.64. The molecule has 4 rings (SSSR count). The van der Waals surface area contributed by atoms with E-state index in [1.165, 1.54) is 26.4 Å². The van der Waals surface area contributed by atoms with E-state index in [1.807, 2.05) is 42.5 Å². The first-order chi connectivity index (χ1) is 18.3. The van der Waals surface area contributed by atoms with Crippen LogP contribution in [-0.2, 0) is 4.79 Å². The Morgan fingerprint density at radius 1 is 0.789 bits per heavy atom. The summed E-state index contributed by atoms with van der Waals surface area (Å²) in [6.45, 7) is 1.47. The lowest BCUT2D eigenvalue weighted by molar-refractivity contribution is -0.127. The van der Waals surface area contributed by atoms with E-state index in [9.17, 15) is 14.7 Å². The molecule has 198 valence electrons. The molecule has 3 aromatic carbocycles. The molecule has 0 aliphatic carbocycles. The van der Waals surface area contributed by atoms with Crippen molar-refractivity contribution in [2.45, 2.75) is 0 Å². The number of hydrogen-bond donors (Lipinski definition) is 1. The normalized spacial score (nSPS) is 13.7. The van der Waals surface area contributed by atoms with E-state index >= 15 is 0 Å². The lowest BCUT2D eigenvalue weighted by Gasteiger charge is -2.34. The second-order valence-corrected chi connectivity index (χ2v) is 9.08. The first-order valence-electron chi connectivity index (χ1n) is 12.0. The maximum absolute atomic E-state index is 13.3. The Bertz CT molecular complexity index is 1320. The number of benzene rings is 3. The zero-order valence-corrected chi connectivity index (χ0v) is 22.2. The van der Waals surface area contributed by atoms with E-state index in [-0.39, 0.29) is 29.1 Å². The number of hydrogen-bond acceptors (Lipinski definition) is 6. The zero-order chi connectivity index (χ0) is 27.2. The smallest absolute Gasteiger partial charge is 0.254 e. The van der Waals surface area contributed by atoms with Crippen LogP contribution in [0.4, 0.5) is 0 Å². The van der Waals surface area contributed by atoms with Crippen LogP contribution in [0, 0.1) is 0 Å². The maximum Gasteiger partial charge on any atom is 0.254 e. The summed E-state index contributed by atoms with van der Waals surface area (Å²) < 4.78 is 15.6. The molecule has 0 bridgehead atoms. The largest absolute Gasteiger partial charge is 0.502 e. The number of halogens is 1. The lowest BCUT2D eigenvalue weighted by Crippen LogP contribution is -2.50. The van der Waals surface area contributed by atoms with Gasteiger partial charge in [0.15, 0.2) is 11.5 Å². The number of phenolic OH excluding ortho intramolecular Hbond substituents is 1.